The second-order valence-electron chi connectivity index (χ2n) is 6.06. The normalized spacial score (nSPS) is 15.8. The largest absolute Gasteiger partial charge is 0.385 e. The topological polar surface area (TPSA) is 24.5 Å². The molecule has 0 aromatic heterocycles. The van der Waals surface area contributed by atoms with Crippen LogP contribution < -0.4 is 10.2 Å². The fraction of sp³-hybridized carbons (Fsp3) is 0.625. The number of benzene rings is 1. The van der Waals surface area contributed by atoms with E-state index in [9.17, 15) is 0 Å². The molecule has 1 aromatic rings. The Morgan fingerprint density at radius 3 is 2.21 bits per heavy atom. The van der Waals surface area contributed by atoms with Crippen molar-refractivity contribution in [2.75, 3.05) is 43.1 Å². The molecule has 2 rings (SSSR count). The third-order valence-electron chi connectivity index (χ3n) is 3.07. The molecule has 0 aliphatic carbocycles. The molecule has 1 heterocycles. The zero-order valence-corrected chi connectivity index (χ0v) is 11.7. The number of hydrogen-bond donors (Lipinski definition) is 1. The predicted molar refractivity (Wildman–Crippen MR) is 84.1 cm³/mol. The minimum atomic E-state index is 0. The molecule has 0 amide bonds. The van der Waals surface area contributed by atoms with Gasteiger partial charge in [0.1, 0.15) is 0 Å². The molecule has 1 fully saturated rings. The summed E-state index contributed by atoms with van der Waals surface area (Å²) in [5.74, 6) is 0. The van der Waals surface area contributed by atoms with Crippen LogP contribution in [0, 0.1) is 5.41 Å². The Morgan fingerprint density at radius 1 is 1.11 bits per heavy atom. The van der Waals surface area contributed by atoms with E-state index >= 15 is 0 Å². The lowest BCUT2D eigenvalue weighted by atomic mass is 9.97. The Hall–Kier alpha value is -1.22. The van der Waals surface area contributed by atoms with Crippen molar-refractivity contribution < 1.29 is 4.74 Å². The van der Waals surface area contributed by atoms with Crippen LogP contribution in [0.5, 0.6) is 0 Å². The van der Waals surface area contributed by atoms with Gasteiger partial charge in [-0.2, -0.15) is 0 Å². The average Bonchev–Trinajstić information content (AvgIpc) is 2.37. The van der Waals surface area contributed by atoms with Gasteiger partial charge in [0.15, 0.2) is 0 Å². The van der Waals surface area contributed by atoms with Gasteiger partial charge in [0, 0.05) is 31.0 Å². The van der Waals surface area contributed by atoms with E-state index in [0.29, 0.717) is 5.41 Å². The van der Waals surface area contributed by atoms with Crippen molar-refractivity contribution in [1.29, 1.82) is 0 Å². The second-order valence-corrected chi connectivity index (χ2v) is 6.06. The molecule has 19 heavy (non-hydrogen) atoms. The maximum absolute atomic E-state index is 5.37. The highest BCUT2D eigenvalue weighted by Crippen LogP contribution is 2.20. The Morgan fingerprint density at radius 2 is 1.68 bits per heavy atom. The summed E-state index contributed by atoms with van der Waals surface area (Å²) in [6.45, 7) is 11.4. The van der Waals surface area contributed by atoms with Crippen LogP contribution >= 0.6 is 0 Å². The number of ether oxygens (including phenoxy) is 1. The van der Waals surface area contributed by atoms with Gasteiger partial charge in [0.25, 0.3) is 0 Å². The van der Waals surface area contributed by atoms with Gasteiger partial charge in [0.2, 0.25) is 0 Å². The quantitative estimate of drug-likeness (QED) is 0.902. The first-order valence-corrected chi connectivity index (χ1v) is 6.71. The summed E-state index contributed by atoms with van der Waals surface area (Å²) in [5.41, 5.74) is 2.80. The predicted octanol–water partition coefficient (Wildman–Crippen LogP) is 3.62. The minimum Gasteiger partial charge on any atom is -0.385 e. The molecule has 108 valence electrons. The van der Waals surface area contributed by atoms with E-state index in [2.05, 4.69) is 55.3 Å². The fourth-order valence-corrected chi connectivity index (χ4v) is 1.98. The molecule has 3 heteroatoms. The van der Waals surface area contributed by atoms with E-state index in [1.165, 1.54) is 11.4 Å². The van der Waals surface area contributed by atoms with E-state index in [0.717, 1.165) is 32.8 Å². The average molecular weight is 264 g/mol. The lowest BCUT2D eigenvalue weighted by Gasteiger charge is -2.29. The number of nitrogens with zero attached hydrogens (tertiary/aromatic N) is 1. The SMILES string of the molecule is C.CC(C)(C)CNc1ccc(N2CCOCC2)cc1. The third kappa shape index (κ3) is 5.11. The molecule has 0 unspecified atom stereocenters. The van der Waals surface area contributed by atoms with Crippen LogP contribution in [0.4, 0.5) is 11.4 Å². The number of morpholine rings is 1. The zero-order chi connectivity index (χ0) is 13.0. The van der Waals surface area contributed by atoms with Gasteiger partial charge in [-0.3, -0.25) is 0 Å². The summed E-state index contributed by atoms with van der Waals surface area (Å²) in [6, 6.07) is 8.71. The van der Waals surface area contributed by atoms with Crippen molar-refractivity contribution in [2.24, 2.45) is 5.41 Å². The van der Waals surface area contributed by atoms with Crippen molar-refractivity contribution in [3.05, 3.63) is 24.3 Å². The van der Waals surface area contributed by atoms with Crippen LogP contribution in [0.1, 0.15) is 28.2 Å². The Kier molecular flexibility index (Phi) is 5.67. The molecule has 0 bridgehead atoms. The molecule has 3 nitrogen and oxygen atoms in total. The van der Waals surface area contributed by atoms with Gasteiger partial charge in [-0.15, -0.1) is 0 Å². The molecular formula is C16H28N2O. The monoisotopic (exact) mass is 264 g/mol. The van der Waals surface area contributed by atoms with Crippen LogP contribution in [0.15, 0.2) is 24.3 Å². The summed E-state index contributed by atoms with van der Waals surface area (Å²) in [5, 5.41) is 3.47. The number of anilines is 2. The molecule has 1 aliphatic heterocycles. The molecule has 0 radical (unpaired) electrons. The molecule has 1 N–H and O–H groups in total. The van der Waals surface area contributed by atoms with Gasteiger partial charge in [-0.25, -0.2) is 0 Å². The van der Waals surface area contributed by atoms with E-state index < -0.39 is 0 Å². The van der Waals surface area contributed by atoms with Crippen LogP contribution in [0.2, 0.25) is 0 Å². The van der Waals surface area contributed by atoms with Gasteiger partial charge in [-0.05, 0) is 29.7 Å². The first-order valence-electron chi connectivity index (χ1n) is 6.71. The Labute approximate surface area is 118 Å². The number of nitrogens with one attached hydrogen (secondary N) is 1. The van der Waals surface area contributed by atoms with Crippen LogP contribution in [-0.2, 0) is 4.74 Å². The van der Waals surface area contributed by atoms with Crippen LogP contribution in [0.3, 0.4) is 0 Å². The fourth-order valence-electron chi connectivity index (χ4n) is 1.98. The smallest absolute Gasteiger partial charge is 0.0642 e. The van der Waals surface area contributed by atoms with Crippen LogP contribution in [0.25, 0.3) is 0 Å². The molecule has 0 atom stereocenters. The van der Waals surface area contributed by atoms with Gasteiger partial charge in [0.05, 0.1) is 13.2 Å². The van der Waals surface area contributed by atoms with E-state index in [1.54, 1.807) is 0 Å². The van der Waals surface area contributed by atoms with Gasteiger partial charge >= 0.3 is 0 Å². The van der Waals surface area contributed by atoms with E-state index in [1.807, 2.05) is 0 Å². The first kappa shape index (κ1) is 15.8. The Balaban J connectivity index is 0.00000180. The first-order chi connectivity index (χ1) is 8.54. The van der Waals surface area contributed by atoms with Crippen LogP contribution in [-0.4, -0.2) is 32.8 Å². The van der Waals surface area contributed by atoms with Gasteiger partial charge < -0.3 is 15.0 Å². The summed E-state index contributed by atoms with van der Waals surface area (Å²) in [6.07, 6.45) is 0. The number of hydrogen-bond acceptors (Lipinski definition) is 3. The summed E-state index contributed by atoms with van der Waals surface area (Å²) >= 11 is 0. The second kappa shape index (κ2) is 6.80. The highest BCUT2D eigenvalue weighted by molar-refractivity contribution is 5.55. The third-order valence-corrected chi connectivity index (χ3v) is 3.07. The molecule has 1 saturated heterocycles. The molecule has 1 aliphatic rings. The van der Waals surface area contributed by atoms with Crippen molar-refractivity contribution in [3.8, 4) is 0 Å². The van der Waals surface area contributed by atoms with Crippen molar-refractivity contribution in [1.82, 2.24) is 0 Å². The lowest BCUT2D eigenvalue weighted by molar-refractivity contribution is 0.122. The van der Waals surface area contributed by atoms with Crippen molar-refractivity contribution in [2.45, 2.75) is 28.2 Å². The standard InChI is InChI=1S/C15H24N2O.CH4/c1-15(2,3)12-16-13-4-6-14(7-5-13)17-8-10-18-11-9-17;/h4-7,16H,8-12H2,1-3H3;1H4. The highest BCUT2D eigenvalue weighted by atomic mass is 16.5. The minimum absolute atomic E-state index is 0. The lowest BCUT2D eigenvalue weighted by Crippen LogP contribution is -2.36. The molecule has 1 aromatic carbocycles. The Bertz CT molecular complexity index is 361. The summed E-state index contributed by atoms with van der Waals surface area (Å²) < 4.78 is 5.37. The maximum atomic E-state index is 5.37. The molecule has 0 spiro atoms. The van der Waals surface area contributed by atoms with Gasteiger partial charge in [-0.1, -0.05) is 28.2 Å². The van der Waals surface area contributed by atoms with E-state index in [4.69, 9.17) is 4.74 Å². The maximum Gasteiger partial charge on any atom is 0.0642 e. The van der Waals surface area contributed by atoms with E-state index in [-0.39, 0.29) is 7.43 Å². The summed E-state index contributed by atoms with van der Waals surface area (Å²) in [4.78, 5) is 2.37. The number of rotatable bonds is 3. The van der Waals surface area contributed by atoms with Crippen molar-refractivity contribution in [3.63, 3.8) is 0 Å². The molecular weight excluding hydrogens is 236 g/mol. The zero-order valence-electron chi connectivity index (χ0n) is 11.7. The molecule has 0 saturated carbocycles. The highest BCUT2D eigenvalue weighted by Gasteiger charge is 2.12. The summed E-state index contributed by atoms with van der Waals surface area (Å²) in [7, 11) is 0. The van der Waals surface area contributed by atoms with Crippen molar-refractivity contribution >= 4 is 11.4 Å².